The molecular formula is C26H24N6OS2. The molecule has 1 N–H and O–H groups in total. The van der Waals surface area contributed by atoms with Crippen LogP contribution in [0, 0.1) is 0 Å². The predicted octanol–water partition coefficient (Wildman–Crippen LogP) is 7.77. The van der Waals surface area contributed by atoms with Crippen molar-refractivity contribution < 1.29 is 0 Å². The van der Waals surface area contributed by atoms with E-state index < -0.39 is 0 Å². The number of hydrogen-bond acceptors (Lipinski definition) is 7. The van der Waals surface area contributed by atoms with Gasteiger partial charge in [-0.1, -0.05) is 72.6 Å². The van der Waals surface area contributed by atoms with E-state index in [1.807, 2.05) is 86.9 Å². The molecular weight excluding hydrogens is 476 g/mol. The van der Waals surface area contributed by atoms with Crippen LogP contribution in [0.15, 0.2) is 93.8 Å². The third-order valence-corrected chi connectivity index (χ3v) is 6.69. The van der Waals surface area contributed by atoms with E-state index in [4.69, 9.17) is 0 Å². The van der Waals surface area contributed by atoms with Gasteiger partial charge in [-0.25, -0.2) is 9.97 Å². The largest absolute Gasteiger partial charge is 0.301 e. The number of aromatic nitrogens is 4. The summed E-state index contributed by atoms with van der Waals surface area (Å²) in [6.07, 6.45) is 13.1. The number of hydrogen-bond donors (Lipinski definition) is 1. The predicted molar refractivity (Wildman–Crippen MR) is 147 cm³/mol. The van der Waals surface area contributed by atoms with Gasteiger partial charge in [0, 0.05) is 11.0 Å². The van der Waals surface area contributed by atoms with Crippen LogP contribution >= 0.6 is 22.7 Å². The maximum atomic E-state index is 13.5. The van der Waals surface area contributed by atoms with Crippen molar-refractivity contribution in [3.8, 4) is 5.13 Å². The first-order chi connectivity index (χ1) is 17.0. The van der Waals surface area contributed by atoms with Crippen LogP contribution in [0.3, 0.4) is 0 Å². The third-order valence-electron chi connectivity index (χ3n) is 4.94. The molecule has 3 aromatic heterocycles. The van der Waals surface area contributed by atoms with Gasteiger partial charge in [0.05, 0.1) is 21.6 Å². The van der Waals surface area contributed by atoms with Gasteiger partial charge in [-0.3, -0.25) is 9.89 Å². The minimum Gasteiger partial charge on any atom is -0.286 e. The first kappa shape index (κ1) is 24.2. The minimum absolute atomic E-state index is 0.174. The average molecular weight is 501 g/mol. The highest BCUT2D eigenvalue weighted by Crippen LogP contribution is 2.31. The normalized spacial score (nSPS) is 13.2. The highest BCUT2D eigenvalue weighted by atomic mass is 32.1. The molecule has 0 unspecified atom stereocenters. The van der Waals surface area contributed by atoms with Crippen molar-refractivity contribution in [2.24, 2.45) is 10.2 Å². The molecule has 0 amide bonds. The van der Waals surface area contributed by atoms with Gasteiger partial charge in [-0.05, 0) is 38.5 Å². The van der Waals surface area contributed by atoms with Gasteiger partial charge in [0.1, 0.15) is 0 Å². The van der Waals surface area contributed by atoms with Crippen LogP contribution in [0.2, 0.25) is 0 Å². The van der Waals surface area contributed by atoms with Crippen LogP contribution in [-0.2, 0) is 0 Å². The van der Waals surface area contributed by atoms with Crippen molar-refractivity contribution in [1.82, 2.24) is 19.7 Å². The highest BCUT2D eigenvalue weighted by molar-refractivity contribution is 7.21. The Balaban J connectivity index is 1.82. The standard InChI is InChI=1S/C26H24N6OS2/c1-5-8-13-17(4)20-16-34-26(28-20)32-24(33)23(22(31-32)18(11-6-2)12-7-3)29-30-25-27-19-14-9-10-15-21(19)35-25/h5-16,31H,2H2,1,3-4H3/b8-5-,12-7-,17-13+,18-11+,30-29?. The number of benzene rings is 1. The van der Waals surface area contributed by atoms with Crippen LogP contribution in [0.1, 0.15) is 32.2 Å². The van der Waals surface area contributed by atoms with E-state index in [0.717, 1.165) is 27.1 Å². The summed E-state index contributed by atoms with van der Waals surface area (Å²) in [5.74, 6) is 0. The van der Waals surface area contributed by atoms with Gasteiger partial charge in [0.15, 0.2) is 5.69 Å². The molecule has 0 aliphatic rings. The Morgan fingerprint density at radius 1 is 1.14 bits per heavy atom. The molecule has 0 saturated heterocycles. The number of nitrogens with zero attached hydrogens (tertiary/aromatic N) is 5. The lowest BCUT2D eigenvalue weighted by molar-refractivity contribution is 0.833. The quantitative estimate of drug-likeness (QED) is 0.198. The molecule has 3 heterocycles. The number of H-pyrrole nitrogens is 1. The summed E-state index contributed by atoms with van der Waals surface area (Å²) in [6, 6.07) is 7.77. The smallest absolute Gasteiger partial charge is 0.286 e. The van der Waals surface area contributed by atoms with Crippen LogP contribution < -0.4 is 5.56 Å². The van der Waals surface area contributed by atoms with E-state index in [1.165, 1.54) is 27.4 Å². The Kier molecular flexibility index (Phi) is 7.59. The van der Waals surface area contributed by atoms with E-state index >= 15 is 0 Å². The van der Waals surface area contributed by atoms with Crippen molar-refractivity contribution in [1.29, 1.82) is 0 Å². The molecule has 0 spiro atoms. The molecule has 0 bridgehead atoms. The number of nitrogens with one attached hydrogen (secondary N) is 1. The van der Waals surface area contributed by atoms with Crippen LogP contribution in [0.4, 0.5) is 10.8 Å². The second-order valence-corrected chi connectivity index (χ2v) is 9.23. The minimum atomic E-state index is -0.347. The van der Waals surface area contributed by atoms with E-state index in [2.05, 4.69) is 31.9 Å². The molecule has 9 heteroatoms. The summed E-state index contributed by atoms with van der Waals surface area (Å²) in [5, 5.41) is 14.7. The fourth-order valence-corrected chi connectivity index (χ4v) is 4.88. The zero-order valence-electron chi connectivity index (χ0n) is 19.6. The van der Waals surface area contributed by atoms with E-state index in [0.29, 0.717) is 16.0 Å². The van der Waals surface area contributed by atoms with Crippen molar-refractivity contribution in [2.75, 3.05) is 0 Å². The molecule has 35 heavy (non-hydrogen) atoms. The van der Waals surface area contributed by atoms with Crippen LogP contribution in [-0.4, -0.2) is 19.7 Å². The molecule has 4 aromatic rings. The molecule has 0 aliphatic heterocycles. The van der Waals surface area contributed by atoms with Gasteiger partial charge in [-0.2, -0.15) is 4.68 Å². The summed E-state index contributed by atoms with van der Waals surface area (Å²) in [7, 11) is 0. The van der Waals surface area contributed by atoms with Crippen molar-refractivity contribution in [2.45, 2.75) is 20.8 Å². The monoisotopic (exact) mass is 500 g/mol. The number of thiazole rings is 2. The van der Waals surface area contributed by atoms with Crippen molar-refractivity contribution >= 4 is 54.9 Å². The average Bonchev–Trinajstić information content (AvgIpc) is 3.58. The maximum absolute atomic E-state index is 13.5. The second kappa shape index (κ2) is 11.0. The number of azo groups is 1. The molecule has 0 saturated carbocycles. The fourth-order valence-electron chi connectivity index (χ4n) is 3.26. The number of rotatable bonds is 8. The lowest BCUT2D eigenvalue weighted by Crippen LogP contribution is -2.13. The maximum Gasteiger partial charge on any atom is 0.301 e. The van der Waals surface area contributed by atoms with E-state index in [9.17, 15) is 4.79 Å². The van der Waals surface area contributed by atoms with Crippen molar-refractivity contribution in [3.05, 3.63) is 100 Å². The van der Waals surface area contributed by atoms with E-state index in [-0.39, 0.29) is 11.2 Å². The molecule has 0 fully saturated rings. The first-order valence-electron chi connectivity index (χ1n) is 10.9. The Bertz CT molecular complexity index is 1540. The van der Waals surface area contributed by atoms with Crippen LogP contribution in [0.25, 0.3) is 26.5 Å². The van der Waals surface area contributed by atoms with Gasteiger partial charge < -0.3 is 0 Å². The lowest BCUT2D eigenvalue weighted by atomic mass is 10.1. The molecule has 1 aromatic carbocycles. The van der Waals surface area contributed by atoms with Gasteiger partial charge >= 0.3 is 5.56 Å². The third kappa shape index (κ3) is 5.26. The Labute approximate surface area is 210 Å². The van der Waals surface area contributed by atoms with Gasteiger partial charge in [0.25, 0.3) is 0 Å². The zero-order chi connectivity index (χ0) is 24.8. The molecule has 176 valence electrons. The van der Waals surface area contributed by atoms with Crippen LogP contribution in [0.5, 0.6) is 0 Å². The number of aromatic amines is 1. The molecule has 0 atom stereocenters. The zero-order valence-corrected chi connectivity index (χ0v) is 21.2. The fraction of sp³-hybridized carbons (Fsp3) is 0.115. The SMILES string of the molecule is C=C/C=C(\C=C/C)c1[nH]n(-c2nc(/C(C)=C/C=C\C)cs2)c(=O)c1N=Nc1nc2ccccc2s1. The molecule has 0 aliphatic carbocycles. The van der Waals surface area contributed by atoms with Crippen molar-refractivity contribution in [3.63, 3.8) is 0 Å². The van der Waals surface area contributed by atoms with Gasteiger partial charge in [-0.15, -0.1) is 21.6 Å². The van der Waals surface area contributed by atoms with E-state index in [1.54, 1.807) is 6.08 Å². The molecule has 7 nitrogen and oxygen atoms in total. The second-order valence-electron chi connectivity index (χ2n) is 7.39. The summed E-state index contributed by atoms with van der Waals surface area (Å²) >= 11 is 2.79. The number of para-hydroxylation sites is 1. The Morgan fingerprint density at radius 3 is 2.71 bits per heavy atom. The molecule has 4 rings (SSSR count). The summed E-state index contributed by atoms with van der Waals surface area (Å²) in [5.41, 5.74) is 3.75. The first-order valence-corrected chi connectivity index (χ1v) is 12.6. The summed E-state index contributed by atoms with van der Waals surface area (Å²) < 4.78 is 2.41. The number of allylic oxidation sites excluding steroid dienone is 9. The molecule has 0 radical (unpaired) electrons. The summed E-state index contributed by atoms with van der Waals surface area (Å²) in [6.45, 7) is 9.64. The lowest BCUT2D eigenvalue weighted by Gasteiger charge is -1.99. The Hall–Kier alpha value is -3.95. The highest BCUT2D eigenvalue weighted by Gasteiger charge is 2.19. The van der Waals surface area contributed by atoms with Gasteiger partial charge in [0.2, 0.25) is 10.3 Å². The number of fused-ring (bicyclic) bond motifs is 1. The summed E-state index contributed by atoms with van der Waals surface area (Å²) in [4.78, 5) is 22.6. The topological polar surface area (TPSA) is 88.3 Å². The Morgan fingerprint density at radius 2 is 1.97 bits per heavy atom.